The van der Waals surface area contributed by atoms with Crippen LogP contribution >= 0.6 is 11.6 Å². The van der Waals surface area contributed by atoms with Crippen molar-refractivity contribution in [2.24, 2.45) is 0 Å². The lowest BCUT2D eigenvalue weighted by Crippen LogP contribution is -2.11. The molecule has 1 unspecified atom stereocenters. The van der Waals surface area contributed by atoms with Crippen molar-refractivity contribution in [3.63, 3.8) is 0 Å². The molecule has 1 atom stereocenters. The Balaban J connectivity index is 2.41. The minimum atomic E-state index is -0.432. The van der Waals surface area contributed by atoms with Gasteiger partial charge in [0, 0.05) is 23.0 Å². The Labute approximate surface area is 95.2 Å². The first-order valence-corrected chi connectivity index (χ1v) is 5.82. The minimum absolute atomic E-state index is 0.0386. The van der Waals surface area contributed by atoms with Gasteiger partial charge in [0.25, 0.3) is 0 Å². The van der Waals surface area contributed by atoms with E-state index in [1.54, 1.807) is 6.92 Å². The van der Waals surface area contributed by atoms with Gasteiger partial charge in [-0.15, -0.1) is 11.6 Å². The van der Waals surface area contributed by atoms with Crippen molar-refractivity contribution >= 4 is 17.4 Å². The molecule has 15 heavy (non-hydrogen) atoms. The molecule has 3 heteroatoms. The van der Waals surface area contributed by atoms with Gasteiger partial charge in [-0.1, -0.05) is 0 Å². The standard InChI is InChI=1S/C12H16ClNO/c1-7-6-11(12(15)8(2)13)9(3)14(7)10-4-5-10/h6,8,10H,4-5H2,1-3H3. The first kappa shape index (κ1) is 10.7. The molecule has 2 nitrogen and oxygen atoms in total. The van der Waals surface area contributed by atoms with Crippen LogP contribution in [0.2, 0.25) is 0 Å². The number of hydrogen-bond donors (Lipinski definition) is 0. The summed E-state index contributed by atoms with van der Waals surface area (Å²) in [7, 11) is 0. The zero-order valence-electron chi connectivity index (χ0n) is 9.38. The van der Waals surface area contributed by atoms with Crippen molar-refractivity contribution in [1.29, 1.82) is 0 Å². The van der Waals surface area contributed by atoms with Gasteiger partial charge in [-0.2, -0.15) is 0 Å². The molecule has 0 aromatic carbocycles. The van der Waals surface area contributed by atoms with Crippen molar-refractivity contribution < 1.29 is 4.79 Å². The molecule has 2 rings (SSSR count). The lowest BCUT2D eigenvalue weighted by atomic mass is 10.1. The summed E-state index contributed by atoms with van der Waals surface area (Å²) in [6, 6.07) is 2.59. The van der Waals surface area contributed by atoms with Gasteiger partial charge in [-0.3, -0.25) is 4.79 Å². The molecule has 1 saturated carbocycles. The van der Waals surface area contributed by atoms with Crippen molar-refractivity contribution in [2.75, 3.05) is 0 Å². The Morgan fingerprint density at radius 2 is 2.13 bits per heavy atom. The second kappa shape index (κ2) is 3.67. The maximum atomic E-state index is 11.8. The lowest BCUT2D eigenvalue weighted by Gasteiger charge is -2.07. The number of ketones is 1. The van der Waals surface area contributed by atoms with Crippen molar-refractivity contribution in [1.82, 2.24) is 4.57 Å². The predicted octanol–water partition coefficient (Wildman–Crippen LogP) is 3.25. The highest BCUT2D eigenvalue weighted by atomic mass is 35.5. The van der Waals surface area contributed by atoms with Crippen LogP contribution in [-0.4, -0.2) is 15.7 Å². The average Bonchev–Trinajstić information content (AvgIpc) is 2.93. The molecule has 0 N–H and O–H groups in total. The van der Waals surface area contributed by atoms with Gasteiger partial charge in [0.2, 0.25) is 0 Å². The Kier molecular flexibility index (Phi) is 2.63. The predicted molar refractivity (Wildman–Crippen MR) is 61.8 cm³/mol. The van der Waals surface area contributed by atoms with Crippen LogP contribution in [0.25, 0.3) is 0 Å². The topological polar surface area (TPSA) is 22.0 Å². The number of alkyl halides is 1. The Morgan fingerprint density at radius 1 is 1.53 bits per heavy atom. The van der Waals surface area contributed by atoms with Crippen LogP contribution < -0.4 is 0 Å². The molecule has 1 fully saturated rings. The number of Topliss-reactive ketones (excluding diaryl/α,β-unsaturated/α-hetero) is 1. The van der Waals surface area contributed by atoms with Crippen LogP contribution in [0.4, 0.5) is 0 Å². The summed E-state index contributed by atoms with van der Waals surface area (Å²) in [4.78, 5) is 11.8. The van der Waals surface area contributed by atoms with Gasteiger partial charge in [0.15, 0.2) is 5.78 Å². The number of rotatable bonds is 3. The molecule has 0 aliphatic heterocycles. The van der Waals surface area contributed by atoms with Crippen LogP contribution in [0.5, 0.6) is 0 Å². The highest BCUT2D eigenvalue weighted by Crippen LogP contribution is 2.38. The largest absolute Gasteiger partial charge is 0.345 e. The van der Waals surface area contributed by atoms with Crippen LogP contribution in [0.3, 0.4) is 0 Å². The summed E-state index contributed by atoms with van der Waals surface area (Å²) in [5.74, 6) is 0.0386. The summed E-state index contributed by atoms with van der Waals surface area (Å²) in [5, 5.41) is -0.432. The van der Waals surface area contributed by atoms with Gasteiger partial charge >= 0.3 is 0 Å². The molecule has 0 bridgehead atoms. The number of aromatic nitrogens is 1. The van der Waals surface area contributed by atoms with E-state index in [1.165, 1.54) is 18.5 Å². The zero-order valence-corrected chi connectivity index (χ0v) is 10.1. The van der Waals surface area contributed by atoms with E-state index in [4.69, 9.17) is 11.6 Å². The van der Waals surface area contributed by atoms with Crippen molar-refractivity contribution in [3.8, 4) is 0 Å². The number of hydrogen-bond acceptors (Lipinski definition) is 1. The maximum absolute atomic E-state index is 11.8. The summed E-state index contributed by atoms with van der Waals surface area (Å²) in [6.07, 6.45) is 2.47. The van der Waals surface area contributed by atoms with Crippen LogP contribution in [0.15, 0.2) is 6.07 Å². The molecular weight excluding hydrogens is 210 g/mol. The van der Waals surface area contributed by atoms with Gasteiger partial charge < -0.3 is 4.57 Å². The number of nitrogens with zero attached hydrogens (tertiary/aromatic N) is 1. The van der Waals surface area contributed by atoms with Gasteiger partial charge in [-0.05, 0) is 39.7 Å². The molecular formula is C12H16ClNO. The average molecular weight is 226 g/mol. The number of aryl methyl sites for hydroxylation is 1. The second-order valence-corrected chi connectivity index (χ2v) is 5.02. The van der Waals surface area contributed by atoms with Crippen molar-refractivity contribution in [2.45, 2.75) is 45.0 Å². The lowest BCUT2D eigenvalue weighted by molar-refractivity contribution is 0.0991. The monoisotopic (exact) mass is 225 g/mol. The van der Waals surface area contributed by atoms with E-state index in [2.05, 4.69) is 11.5 Å². The third kappa shape index (κ3) is 1.83. The number of carbonyl (C=O) groups excluding carboxylic acids is 1. The summed E-state index contributed by atoms with van der Waals surface area (Å²) in [6.45, 7) is 5.80. The summed E-state index contributed by atoms with van der Waals surface area (Å²) >= 11 is 5.83. The third-order valence-corrected chi connectivity index (χ3v) is 3.22. The Morgan fingerprint density at radius 3 is 2.60 bits per heavy atom. The fraction of sp³-hybridized carbons (Fsp3) is 0.583. The van der Waals surface area contributed by atoms with Crippen LogP contribution in [-0.2, 0) is 0 Å². The highest BCUT2D eigenvalue weighted by Gasteiger charge is 2.28. The molecule has 0 saturated heterocycles. The summed E-state index contributed by atoms with van der Waals surface area (Å²) < 4.78 is 2.27. The molecule has 1 aromatic rings. The Bertz CT molecular complexity index is 402. The van der Waals surface area contributed by atoms with E-state index in [1.807, 2.05) is 13.0 Å². The fourth-order valence-corrected chi connectivity index (χ4v) is 2.25. The normalized spacial score (nSPS) is 17.9. The van der Waals surface area contributed by atoms with Gasteiger partial charge in [0.05, 0.1) is 5.38 Å². The molecule has 1 aliphatic rings. The van der Waals surface area contributed by atoms with Crippen LogP contribution in [0.1, 0.15) is 47.6 Å². The van der Waals surface area contributed by atoms with E-state index in [9.17, 15) is 4.79 Å². The maximum Gasteiger partial charge on any atom is 0.182 e. The van der Waals surface area contributed by atoms with Gasteiger partial charge in [0.1, 0.15) is 0 Å². The zero-order chi connectivity index (χ0) is 11.2. The molecule has 0 amide bonds. The first-order chi connectivity index (χ1) is 7.02. The first-order valence-electron chi connectivity index (χ1n) is 5.39. The van der Waals surface area contributed by atoms with E-state index in [0.29, 0.717) is 6.04 Å². The SMILES string of the molecule is Cc1cc(C(=O)C(C)Cl)c(C)n1C1CC1. The molecule has 1 aliphatic carbocycles. The van der Waals surface area contributed by atoms with Crippen molar-refractivity contribution in [3.05, 3.63) is 23.0 Å². The molecule has 0 radical (unpaired) electrons. The van der Waals surface area contributed by atoms with E-state index >= 15 is 0 Å². The molecule has 1 aromatic heterocycles. The number of carbonyl (C=O) groups is 1. The van der Waals surface area contributed by atoms with Crippen LogP contribution in [0, 0.1) is 13.8 Å². The smallest absolute Gasteiger partial charge is 0.182 e. The minimum Gasteiger partial charge on any atom is -0.345 e. The highest BCUT2D eigenvalue weighted by molar-refractivity contribution is 6.33. The third-order valence-electron chi connectivity index (χ3n) is 3.02. The summed E-state index contributed by atoms with van der Waals surface area (Å²) in [5.41, 5.74) is 3.05. The van der Waals surface area contributed by atoms with E-state index < -0.39 is 5.38 Å². The Hall–Kier alpha value is -0.760. The van der Waals surface area contributed by atoms with E-state index in [-0.39, 0.29) is 5.78 Å². The molecule has 82 valence electrons. The van der Waals surface area contributed by atoms with E-state index in [0.717, 1.165) is 11.3 Å². The second-order valence-electron chi connectivity index (χ2n) is 4.37. The quantitative estimate of drug-likeness (QED) is 0.572. The fourth-order valence-electron chi connectivity index (χ4n) is 2.14. The molecule has 1 heterocycles. The van der Waals surface area contributed by atoms with Gasteiger partial charge in [-0.25, -0.2) is 0 Å². The number of halogens is 1. The molecule has 0 spiro atoms.